The summed E-state index contributed by atoms with van der Waals surface area (Å²) in [4.78, 5) is 26.5. The standard InChI is InChI=1S/C28H29NO2.C24H27NO4/c1-5-17-31-27(20-11-7-6-8-12-20)24-19-28(2,3)29-25-16-15-21(18-23(24)25)22-13-9-10-14-26(22)30-4;1-23(2,3)29-22(27)25-20-12-11-16(18-9-7-8-10-21(18)28-6)13-19(20)17(15-26)14-24(25,4)5/h5-16,18-19,27,29H,1,17H2,2-4H3;7-15H,1-6H3. The minimum atomic E-state index is -0.711. The second kappa shape index (κ2) is 17.9. The number of fused-ring (bicyclic) bond motifs is 2. The Labute approximate surface area is 355 Å². The van der Waals surface area contributed by atoms with Gasteiger partial charge in [0, 0.05) is 33.5 Å². The number of aldehydes is 1. The molecule has 7 rings (SSSR count). The summed E-state index contributed by atoms with van der Waals surface area (Å²) < 4.78 is 23.0. The summed E-state index contributed by atoms with van der Waals surface area (Å²) in [6.07, 6.45) is 6.08. The van der Waals surface area contributed by atoms with Gasteiger partial charge >= 0.3 is 6.09 Å². The monoisotopic (exact) mass is 804 g/mol. The average Bonchev–Trinajstić information content (AvgIpc) is 3.22. The van der Waals surface area contributed by atoms with Crippen LogP contribution in [0.1, 0.15) is 71.3 Å². The molecule has 0 bridgehead atoms. The zero-order valence-electron chi connectivity index (χ0n) is 36.2. The van der Waals surface area contributed by atoms with Crippen molar-refractivity contribution in [3.63, 3.8) is 0 Å². The Morgan fingerprint density at radius 2 is 1.32 bits per heavy atom. The van der Waals surface area contributed by atoms with Gasteiger partial charge in [-0.05, 0) is 113 Å². The van der Waals surface area contributed by atoms with Gasteiger partial charge in [-0.25, -0.2) is 4.79 Å². The molecule has 5 aromatic rings. The summed E-state index contributed by atoms with van der Waals surface area (Å²) in [5.41, 5.74) is 8.86. The minimum Gasteiger partial charge on any atom is -0.496 e. The number of amides is 1. The van der Waals surface area contributed by atoms with Crippen molar-refractivity contribution in [3.05, 3.63) is 157 Å². The maximum atomic E-state index is 13.0. The highest BCUT2D eigenvalue weighted by Crippen LogP contribution is 2.45. The molecule has 1 unspecified atom stereocenters. The van der Waals surface area contributed by atoms with Crippen LogP contribution in [0.3, 0.4) is 0 Å². The Morgan fingerprint density at radius 1 is 0.750 bits per heavy atom. The Morgan fingerprint density at radius 3 is 1.88 bits per heavy atom. The van der Waals surface area contributed by atoms with Crippen molar-refractivity contribution in [1.29, 1.82) is 0 Å². The van der Waals surface area contributed by atoms with Gasteiger partial charge in [0.05, 0.1) is 37.6 Å². The van der Waals surface area contributed by atoms with Crippen LogP contribution in [0.5, 0.6) is 11.5 Å². The predicted molar refractivity (Wildman–Crippen MR) is 245 cm³/mol. The van der Waals surface area contributed by atoms with Crippen LogP contribution in [0.4, 0.5) is 16.2 Å². The lowest BCUT2D eigenvalue weighted by Crippen LogP contribution is -2.50. The molecule has 0 saturated heterocycles. The van der Waals surface area contributed by atoms with Crippen LogP contribution >= 0.6 is 0 Å². The third-order valence-corrected chi connectivity index (χ3v) is 10.2. The highest BCUT2D eigenvalue weighted by molar-refractivity contribution is 6.14. The van der Waals surface area contributed by atoms with Crippen molar-refractivity contribution in [1.82, 2.24) is 0 Å². The lowest BCUT2D eigenvalue weighted by atomic mass is 9.84. The van der Waals surface area contributed by atoms with Crippen molar-refractivity contribution in [2.75, 3.05) is 31.0 Å². The first-order chi connectivity index (χ1) is 28.6. The normalized spacial score (nSPS) is 15.2. The summed E-state index contributed by atoms with van der Waals surface area (Å²) in [6.45, 7) is 18.0. The Hall–Kier alpha value is -6.38. The number of anilines is 2. The number of nitrogens with one attached hydrogen (secondary N) is 1. The van der Waals surface area contributed by atoms with Crippen molar-refractivity contribution in [2.24, 2.45) is 0 Å². The zero-order chi connectivity index (χ0) is 43.2. The maximum absolute atomic E-state index is 13.0. The predicted octanol–water partition coefficient (Wildman–Crippen LogP) is 12.4. The fraction of sp³-hybridized carbons (Fsp3) is 0.269. The molecule has 310 valence electrons. The third kappa shape index (κ3) is 9.56. The molecule has 2 heterocycles. The van der Waals surface area contributed by atoms with Crippen molar-refractivity contribution >= 4 is 34.9 Å². The fourth-order valence-electron chi connectivity index (χ4n) is 7.75. The number of carbonyl (C=O) groups excluding carboxylic acids is 2. The minimum absolute atomic E-state index is 0.188. The Balaban J connectivity index is 0.000000202. The van der Waals surface area contributed by atoms with Crippen LogP contribution in [-0.4, -0.2) is 49.9 Å². The average molecular weight is 805 g/mol. The Kier molecular flexibility index (Phi) is 12.9. The topological polar surface area (TPSA) is 86.3 Å². The molecular weight excluding hydrogens is 749 g/mol. The zero-order valence-corrected chi connectivity index (χ0v) is 36.2. The number of rotatable bonds is 10. The molecule has 0 radical (unpaired) electrons. The second-order valence-corrected chi connectivity index (χ2v) is 16.9. The van der Waals surface area contributed by atoms with E-state index in [1.807, 2.05) is 101 Å². The fourth-order valence-corrected chi connectivity index (χ4v) is 7.75. The number of hydrogen-bond donors (Lipinski definition) is 1. The van der Waals surface area contributed by atoms with E-state index in [1.54, 1.807) is 31.3 Å². The van der Waals surface area contributed by atoms with Crippen LogP contribution < -0.4 is 19.7 Å². The third-order valence-electron chi connectivity index (χ3n) is 10.2. The first kappa shape index (κ1) is 43.2. The molecule has 1 amide bonds. The molecule has 8 nitrogen and oxygen atoms in total. The number of hydrogen-bond acceptors (Lipinski definition) is 7. The SMILES string of the molecule is C=CCOC(C1=CC(C)(C)Nc2ccc(-c3ccccc3OC)cc21)c1ccccc1.COc1ccccc1-c1ccc2c(c1)C(C=O)=CC(C)(C)N2C(=O)OC(C)(C)C. The molecule has 0 aromatic heterocycles. The maximum Gasteiger partial charge on any atom is 0.415 e. The lowest BCUT2D eigenvalue weighted by molar-refractivity contribution is -0.103. The van der Waals surface area contributed by atoms with Gasteiger partial charge in [0.25, 0.3) is 0 Å². The van der Waals surface area contributed by atoms with Crippen LogP contribution in [0.15, 0.2) is 140 Å². The summed E-state index contributed by atoms with van der Waals surface area (Å²) in [6, 6.07) is 38.4. The molecule has 5 aromatic carbocycles. The number of methoxy groups -OCH3 is 2. The first-order valence-electron chi connectivity index (χ1n) is 20.1. The molecule has 0 spiro atoms. The van der Waals surface area contributed by atoms with Gasteiger partial charge in [0.1, 0.15) is 29.5 Å². The molecule has 0 aliphatic carbocycles. The van der Waals surface area contributed by atoms with Crippen LogP contribution in [0.25, 0.3) is 33.4 Å². The number of carbonyl (C=O) groups is 2. The molecule has 0 saturated carbocycles. The van der Waals surface area contributed by atoms with E-state index in [0.717, 1.165) is 62.4 Å². The number of allylic oxidation sites excluding steroid dienone is 1. The number of nitrogens with zero attached hydrogens (tertiary/aromatic N) is 1. The smallest absolute Gasteiger partial charge is 0.415 e. The van der Waals surface area contributed by atoms with E-state index < -0.39 is 17.2 Å². The molecule has 2 aliphatic rings. The molecular formula is C52H56N2O6. The summed E-state index contributed by atoms with van der Waals surface area (Å²) in [5, 5.41) is 3.65. The van der Waals surface area contributed by atoms with E-state index in [9.17, 15) is 9.59 Å². The lowest BCUT2D eigenvalue weighted by Gasteiger charge is -2.41. The molecule has 1 N–H and O–H groups in total. The molecule has 8 heteroatoms. The Bertz CT molecular complexity index is 2420. The van der Waals surface area contributed by atoms with Crippen LogP contribution in [-0.2, 0) is 14.3 Å². The molecule has 2 aliphatic heterocycles. The largest absolute Gasteiger partial charge is 0.496 e. The first-order valence-corrected chi connectivity index (χ1v) is 20.1. The van der Waals surface area contributed by atoms with Gasteiger partial charge in [-0.3, -0.25) is 9.69 Å². The van der Waals surface area contributed by atoms with Gasteiger partial charge < -0.3 is 24.3 Å². The van der Waals surface area contributed by atoms with Crippen LogP contribution in [0, 0.1) is 0 Å². The molecule has 1 atom stereocenters. The molecule has 0 fully saturated rings. The van der Waals surface area contributed by atoms with E-state index in [4.69, 9.17) is 18.9 Å². The summed E-state index contributed by atoms with van der Waals surface area (Å²) >= 11 is 0. The van der Waals surface area contributed by atoms with Gasteiger partial charge in [-0.2, -0.15) is 0 Å². The van der Waals surface area contributed by atoms with Gasteiger partial charge in [0.15, 0.2) is 0 Å². The summed E-state index contributed by atoms with van der Waals surface area (Å²) in [7, 11) is 3.34. The quantitative estimate of drug-likeness (QED) is 0.111. The van der Waals surface area contributed by atoms with E-state index in [-0.39, 0.29) is 11.6 Å². The molecule has 60 heavy (non-hydrogen) atoms. The number of ether oxygens (including phenoxy) is 4. The van der Waals surface area contributed by atoms with E-state index in [2.05, 4.69) is 80.4 Å². The van der Waals surface area contributed by atoms with E-state index in [1.165, 1.54) is 0 Å². The van der Waals surface area contributed by atoms with E-state index in [0.29, 0.717) is 23.4 Å². The van der Waals surface area contributed by atoms with Gasteiger partial charge in [-0.1, -0.05) is 91.0 Å². The van der Waals surface area contributed by atoms with Gasteiger partial charge in [0.2, 0.25) is 0 Å². The number of para-hydroxylation sites is 2. The highest BCUT2D eigenvalue weighted by atomic mass is 16.6. The van der Waals surface area contributed by atoms with Gasteiger partial charge in [-0.15, -0.1) is 6.58 Å². The van der Waals surface area contributed by atoms with Crippen molar-refractivity contribution < 1.29 is 28.5 Å². The second-order valence-electron chi connectivity index (χ2n) is 16.9. The van der Waals surface area contributed by atoms with Crippen molar-refractivity contribution in [2.45, 2.75) is 71.2 Å². The highest BCUT2D eigenvalue weighted by Gasteiger charge is 2.39. The summed E-state index contributed by atoms with van der Waals surface area (Å²) in [5.74, 6) is 1.60. The number of benzene rings is 5. The van der Waals surface area contributed by atoms with Crippen LogP contribution in [0.2, 0.25) is 0 Å². The van der Waals surface area contributed by atoms with E-state index >= 15 is 0 Å². The van der Waals surface area contributed by atoms with Crippen molar-refractivity contribution in [3.8, 4) is 33.8 Å².